The molecule has 0 radical (unpaired) electrons. The molecule has 0 fully saturated rings. The van der Waals surface area contributed by atoms with Crippen LogP contribution in [0.15, 0.2) is 18.3 Å². The number of aromatic carboxylic acids is 1. The first-order chi connectivity index (χ1) is 12.2. The summed E-state index contributed by atoms with van der Waals surface area (Å²) in [5, 5.41) is 13.0. The first kappa shape index (κ1) is 19.3. The van der Waals surface area contributed by atoms with Crippen molar-refractivity contribution >= 4 is 22.8 Å². The van der Waals surface area contributed by atoms with Crippen LogP contribution in [0.2, 0.25) is 0 Å². The normalized spacial score (nSPS) is 11.1. The molecule has 0 bridgehead atoms. The second-order valence-corrected chi connectivity index (χ2v) is 6.53. The van der Waals surface area contributed by atoms with Gasteiger partial charge in [0.2, 0.25) is 0 Å². The number of amides is 1. The van der Waals surface area contributed by atoms with Crippen LogP contribution in [0.3, 0.4) is 0 Å². The maximum atomic E-state index is 11.9. The lowest BCUT2D eigenvalue weighted by molar-refractivity contribution is 0.0522. The number of aromatic nitrogens is 1. The quantitative estimate of drug-likeness (QED) is 0.842. The van der Waals surface area contributed by atoms with Gasteiger partial charge in [-0.05, 0) is 26.8 Å². The number of alkyl carbamates (subject to hydrolysis) is 1. The van der Waals surface area contributed by atoms with Crippen LogP contribution < -0.4 is 14.8 Å². The Morgan fingerprint density at radius 2 is 1.88 bits per heavy atom. The van der Waals surface area contributed by atoms with E-state index >= 15 is 0 Å². The van der Waals surface area contributed by atoms with Gasteiger partial charge in [0, 0.05) is 23.0 Å². The Labute approximate surface area is 151 Å². The van der Waals surface area contributed by atoms with Crippen molar-refractivity contribution < 1.29 is 28.9 Å². The molecule has 1 heterocycles. The van der Waals surface area contributed by atoms with Crippen molar-refractivity contribution in [3.05, 3.63) is 29.6 Å². The standard InChI is InChI=1S/C18H22N2O6/c1-18(2,3)26-17(23)20-9-13-15-11(12(8-19-13)16(21)22)6-10(24-4)7-14(15)25-5/h6-8H,9H2,1-5H3,(H,20,23)(H,21,22). The molecule has 8 heteroatoms. The molecule has 2 N–H and O–H groups in total. The van der Waals surface area contributed by atoms with E-state index in [4.69, 9.17) is 14.2 Å². The number of rotatable bonds is 5. The van der Waals surface area contributed by atoms with Crippen LogP contribution >= 0.6 is 0 Å². The zero-order chi connectivity index (χ0) is 19.5. The Hall–Kier alpha value is -3.03. The number of nitrogens with zero attached hydrogens (tertiary/aromatic N) is 1. The average Bonchev–Trinajstić information content (AvgIpc) is 2.56. The number of carboxylic acids is 1. The highest BCUT2D eigenvalue weighted by atomic mass is 16.6. The summed E-state index contributed by atoms with van der Waals surface area (Å²) >= 11 is 0. The predicted molar refractivity (Wildman–Crippen MR) is 94.9 cm³/mol. The van der Waals surface area contributed by atoms with Crippen LogP contribution in [0, 0.1) is 0 Å². The zero-order valence-corrected chi connectivity index (χ0v) is 15.4. The largest absolute Gasteiger partial charge is 0.497 e. The first-order valence-corrected chi connectivity index (χ1v) is 7.90. The summed E-state index contributed by atoms with van der Waals surface area (Å²) < 4.78 is 15.8. The van der Waals surface area contributed by atoms with Gasteiger partial charge < -0.3 is 24.6 Å². The van der Waals surface area contributed by atoms with Crippen molar-refractivity contribution in [3.8, 4) is 11.5 Å². The number of hydrogen-bond acceptors (Lipinski definition) is 6. The molecule has 1 aromatic heterocycles. The van der Waals surface area contributed by atoms with Gasteiger partial charge in [0.25, 0.3) is 0 Å². The number of ether oxygens (including phenoxy) is 3. The zero-order valence-electron chi connectivity index (χ0n) is 15.4. The summed E-state index contributed by atoms with van der Waals surface area (Å²) in [6.07, 6.45) is 0.651. The topological polar surface area (TPSA) is 107 Å². The van der Waals surface area contributed by atoms with Crippen LogP contribution in [0.4, 0.5) is 4.79 Å². The molecule has 1 aromatic carbocycles. The number of hydrogen-bond donors (Lipinski definition) is 2. The Morgan fingerprint density at radius 1 is 1.19 bits per heavy atom. The number of pyridine rings is 1. The Bertz CT molecular complexity index is 842. The minimum Gasteiger partial charge on any atom is -0.497 e. The highest BCUT2D eigenvalue weighted by Crippen LogP contribution is 2.34. The molecule has 26 heavy (non-hydrogen) atoms. The number of carbonyl (C=O) groups excluding carboxylic acids is 1. The molecule has 0 atom stereocenters. The number of benzene rings is 1. The summed E-state index contributed by atoms with van der Waals surface area (Å²) in [6, 6.07) is 3.23. The molecule has 0 aliphatic rings. The monoisotopic (exact) mass is 362 g/mol. The molecule has 1 amide bonds. The van der Waals surface area contributed by atoms with Gasteiger partial charge in [-0.2, -0.15) is 0 Å². The van der Waals surface area contributed by atoms with Gasteiger partial charge in [-0.15, -0.1) is 0 Å². The van der Waals surface area contributed by atoms with Crippen molar-refractivity contribution in [2.45, 2.75) is 32.9 Å². The van der Waals surface area contributed by atoms with E-state index in [-0.39, 0.29) is 12.1 Å². The molecule has 0 unspecified atom stereocenters. The van der Waals surface area contributed by atoms with Crippen molar-refractivity contribution in [2.75, 3.05) is 14.2 Å². The van der Waals surface area contributed by atoms with Crippen LogP contribution in [0.25, 0.3) is 10.8 Å². The molecule has 0 saturated heterocycles. The lowest BCUT2D eigenvalue weighted by Gasteiger charge is -2.20. The summed E-state index contributed by atoms with van der Waals surface area (Å²) in [5.74, 6) is -0.269. The van der Waals surface area contributed by atoms with E-state index < -0.39 is 17.7 Å². The van der Waals surface area contributed by atoms with Crippen molar-refractivity contribution in [2.24, 2.45) is 0 Å². The van der Waals surface area contributed by atoms with E-state index in [1.54, 1.807) is 32.9 Å². The summed E-state index contributed by atoms with van der Waals surface area (Å²) in [6.45, 7) is 5.33. The highest BCUT2D eigenvalue weighted by molar-refractivity contribution is 6.06. The lowest BCUT2D eigenvalue weighted by atomic mass is 10.0. The van der Waals surface area contributed by atoms with Crippen LogP contribution in [0.5, 0.6) is 11.5 Å². The van der Waals surface area contributed by atoms with E-state index in [2.05, 4.69) is 10.3 Å². The minimum absolute atomic E-state index is 0.0122. The Kier molecular flexibility index (Phi) is 5.54. The average molecular weight is 362 g/mol. The predicted octanol–water partition coefficient (Wildman–Crippen LogP) is 2.97. The Balaban J connectivity index is 2.49. The third-order valence-electron chi connectivity index (χ3n) is 3.49. The fourth-order valence-electron chi connectivity index (χ4n) is 2.43. The molecule has 0 saturated carbocycles. The second kappa shape index (κ2) is 7.47. The molecule has 0 aliphatic heterocycles. The van der Waals surface area contributed by atoms with E-state index in [1.807, 2.05) is 0 Å². The van der Waals surface area contributed by atoms with Crippen LogP contribution in [0.1, 0.15) is 36.8 Å². The number of methoxy groups -OCH3 is 2. The summed E-state index contributed by atoms with van der Waals surface area (Å²) in [5.41, 5.74) is -0.161. The number of fused-ring (bicyclic) bond motifs is 1. The second-order valence-electron chi connectivity index (χ2n) is 6.53. The van der Waals surface area contributed by atoms with E-state index in [0.29, 0.717) is 28.0 Å². The smallest absolute Gasteiger partial charge is 0.407 e. The maximum absolute atomic E-state index is 11.9. The molecule has 2 aromatic rings. The first-order valence-electron chi connectivity index (χ1n) is 7.90. The van der Waals surface area contributed by atoms with Crippen molar-refractivity contribution in [3.63, 3.8) is 0 Å². The van der Waals surface area contributed by atoms with Gasteiger partial charge in [0.1, 0.15) is 17.1 Å². The molecule has 0 spiro atoms. The van der Waals surface area contributed by atoms with Crippen molar-refractivity contribution in [1.29, 1.82) is 0 Å². The third kappa shape index (κ3) is 4.33. The van der Waals surface area contributed by atoms with Crippen molar-refractivity contribution in [1.82, 2.24) is 10.3 Å². The minimum atomic E-state index is -1.12. The molecule has 2 rings (SSSR count). The van der Waals surface area contributed by atoms with Crippen LogP contribution in [-0.4, -0.2) is 42.0 Å². The summed E-state index contributed by atoms with van der Waals surface area (Å²) in [7, 11) is 2.94. The molecular weight excluding hydrogens is 340 g/mol. The van der Waals surface area contributed by atoms with E-state index in [1.165, 1.54) is 20.4 Å². The van der Waals surface area contributed by atoms with Gasteiger partial charge in [0.05, 0.1) is 32.0 Å². The lowest BCUT2D eigenvalue weighted by Crippen LogP contribution is -2.32. The van der Waals surface area contributed by atoms with Gasteiger partial charge in [-0.25, -0.2) is 9.59 Å². The van der Waals surface area contributed by atoms with Gasteiger partial charge in [-0.1, -0.05) is 0 Å². The highest BCUT2D eigenvalue weighted by Gasteiger charge is 2.20. The molecule has 8 nitrogen and oxygen atoms in total. The van der Waals surface area contributed by atoms with Gasteiger partial charge >= 0.3 is 12.1 Å². The number of carboxylic acid groups (broad SMARTS) is 1. The van der Waals surface area contributed by atoms with Gasteiger partial charge in [-0.3, -0.25) is 4.98 Å². The fraction of sp³-hybridized carbons (Fsp3) is 0.389. The summed E-state index contributed by atoms with van der Waals surface area (Å²) in [4.78, 5) is 27.6. The molecule has 0 aliphatic carbocycles. The SMILES string of the molecule is COc1cc(OC)c2c(CNC(=O)OC(C)(C)C)ncc(C(=O)O)c2c1. The number of nitrogens with one attached hydrogen (secondary N) is 1. The van der Waals surface area contributed by atoms with E-state index in [0.717, 1.165) is 0 Å². The Morgan fingerprint density at radius 3 is 2.42 bits per heavy atom. The molecular formula is C18H22N2O6. The maximum Gasteiger partial charge on any atom is 0.407 e. The number of carbonyl (C=O) groups is 2. The molecule has 140 valence electrons. The van der Waals surface area contributed by atoms with E-state index in [9.17, 15) is 14.7 Å². The third-order valence-corrected chi connectivity index (χ3v) is 3.49. The van der Waals surface area contributed by atoms with Gasteiger partial charge in [0.15, 0.2) is 0 Å². The van der Waals surface area contributed by atoms with Crippen LogP contribution in [-0.2, 0) is 11.3 Å². The fourth-order valence-corrected chi connectivity index (χ4v) is 2.43.